The molecule has 0 heterocycles. The van der Waals surface area contributed by atoms with Crippen LogP contribution in [0.4, 0.5) is 4.79 Å². The van der Waals surface area contributed by atoms with Gasteiger partial charge in [0.15, 0.2) is 6.04 Å². The monoisotopic (exact) mass is 374 g/mol. The van der Waals surface area contributed by atoms with Crippen LogP contribution >= 0.6 is 0 Å². The molecule has 28 heavy (non-hydrogen) atoms. The maximum atomic E-state index is 12.8. The molecule has 3 aromatic rings. The highest BCUT2D eigenvalue weighted by Gasteiger charge is 2.30. The highest BCUT2D eigenvalue weighted by molar-refractivity contribution is 5.96. The fraction of sp³-hybridized carbons (Fsp3) is 0.130. The molecule has 142 valence electrons. The molecule has 2 atom stereocenters. The Hall–Kier alpha value is -3.44. The molecular formula is C23H24N3O2+. The van der Waals surface area contributed by atoms with Crippen molar-refractivity contribution in [3.8, 4) is 0 Å². The highest BCUT2D eigenvalue weighted by atomic mass is 16.2. The van der Waals surface area contributed by atoms with Gasteiger partial charge in [-0.15, -0.1) is 0 Å². The van der Waals surface area contributed by atoms with Crippen LogP contribution in [0.25, 0.3) is 0 Å². The summed E-state index contributed by atoms with van der Waals surface area (Å²) in [6, 6.07) is 26.0. The van der Waals surface area contributed by atoms with Crippen molar-refractivity contribution in [2.24, 2.45) is 5.73 Å². The Balaban J connectivity index is 2.00. The van der Waals surface area contributed by atoms with Gasteiger partial charge in [-0.25, -0.2) is 4.79 Å². The van der Waals surface area contributed by atoms with E-state index in [2.05, 4.69) is 29.6 Å². The van der Waals surface area contributed by atoms with E-state index < -0.39 is 18.0 Å². The Morgan fingerprint density at radius 1 is 0.786 bits per heavy atom. The number of hydrogen-bond acceptors (Lipinski definition) is 2. The molecule has 0 fully saturated rings. The van der Waals surface area contributed by atoms with Crippen LogP contribution in [0.15, 0.2) is 84.9 Å². The first-order chi connectivity index (χ1) is 13.5. The van der Waals surface area contributed by atoms with E-state index in [0.717, 1.165) is 16.7 Å². The third-order valence-electron chi connectivity index (χ3n) is 4.67. The molecule has 0 aliphatic carbocycles. The molecule has 3 aromatic carbocycles. The van der Waals surface area contributed by atoms with Gasteiger partial charge in [0.1, 0.15) is 6.04 Å². The standard InChI is InChI=1S/C23H23N3O2/c1-16-12-14-19(15-13-16)20(17-8-4-2-5-9-17)25-21(22(27)26-23(24)28)18-10-6-3-7-11-18/h2-15,20-21,25H,1H3,(H3,24,26,27,28)/p+1/t20-,21+/m1/s1. The Kier molecular flexibility index (Phi) is 6.19. The van der Waals surface area contributed by atoms with Gasteiger partial charge in [-0.1, -0.05) is 90.5 Å². The summed E-state index contributed by atoms with van der Waals surface area (Å²) in [4.78, 5) is 24.0. The summed E-state index contributed by atoms with van der Waals surface area (Å²) >= 11 is 0. The van der Waals surface area contributed by atoms with E-state index in [-0.39, 0.29) is 6.04 Å². The number of aryl methyl sites for hydroxylation is 1. The third kappa shape index (κ3) is 4.84. The van der Waals surface area contributed by atoms with E-state index in [1.54, 1.807) is 0 Å². The Bertz CT molecular complexity index is 925. The lowest BCUT2D eigenvalue weighted by Crippen LogP contribution is -2.88. The smallest absolute Gasteiger partial charge is 0.319 e. The SMILES string of the molecule is Cc1ccc([C@H]([NH2+][C@H](C(=O)NC(N)=O)c2ccccc2)c2ccccc2)cc1. The van der Waals surface area contributed by atoms with Crippen molar-refractivity contribution in [3.63, 3.8) is 0 Å². The number of amides is 3. The average molecular weight is 374 g/mol. The van der Waals surface area contributed by atoms with E-state index >= 15 is 0 Å². The number of primary amides is 1. The van der Waals surface area contributed by atoms with Crippen LogP contribution in [0, 0.1) is 6.92 Å². The first kappa shape index (κ1) is 19.3. The minimum absolute atomic E-state index is 0.120. The number of imide groups is 1. The van der Waals surface area contributed by atoms with Crippen LogP contribution < -0.4 is 16.4 Å². The van der Waals surface area contributed by atoms with Crippen molar-refractivity contribution in [3.05, 3.63) is 107 Å². The lowest BCUT2D eigenvalue weighted by Gasteiger charge is -2.23. The fourth-order valence-corrected chi connectivity index (χ4v) is 3.25. The van der Waals surface area contributed by atoms with Gasteiger partial charge < -0.3 is 11.1 Å². The van der Waals surface area contributed by atoms with Crippen LogP contribution in [-0.4, -0.2) is 11.9 Å². The lowest BCUT2D eigenvalue weighted by atomic mass is 9.95. The molecule has 5 N–H and O–H groups in total. The normalized spacial score (nSPS) is 12.8. The Morgan fingerprint density at radius 3 is 1.82 bits per heavy atom. The number of carbonyl (C=O) groups is 2. The molecule has 0 saturated carbocycles. The second kappa shape index (κ2) is 8.97. The van der Waals surface area contributed by atoms with Crippen molar-refractivity contribution in [2.75, 3.05) is 0 Å². The first-order valence-electron chi connectivity index (χ1n) is 9.16. The molecule has 5 heteroatoms. The van der Waals surface area contributed by atoms with E-state index in [9.17, 15) is 9.59 Å². The molecule has 0 unspecified atom stereocenters. The van der Waals surface area contributed by atoms with Gasteiger partial charge in [0.05, 0.1) is 0 Å². The summed E-state index contributed by atoms with van der Waals surface area (Å²) in [7, 11) is 0. The number of quaternary nitrogens is 1. The van der Waals surface area contributed by atoms with Gasteiger partial charge in [0.25, 0.3) is 5.91 Å². The Morgan fingerprint density at radius 2 is 1.29 bits per heavy atom. The van der Waals surface area contributed by atoms with Crippen molar-refractivity contribution >= 4 is 11.9 Å². The summed E-state index contributed by atoms with van der Waals surface area (Å²) in [5, 5.41) is 4.19. The fourth-order valence-electron chi connectivity index (χ4n) is 3.25. The molecule has 0 aliphatic heterocycles. The number of rotatable bonds is 6. The van der Waals surface area contributed by atoms with E-state index in [4.69, 9.17) is 5.73 Å². The zero-order chi connectivity index (χ0) is 19.9. The number of benzene rings is 3. The molecular weight excluding hydrogens is 350 g/mol. The summed E-state index contributed by atoms with van der Waals surface area (Å²) in [5.74, 6) is -0.438. The lowest BCUT2D eigenvalue weighted by molar-refractivity contribution is -0.713. The van der Waals surface area contributed by atoms with Gasteiger partial charge in [-0.2, -0.15) is 0 Å². The second-order valence-corrected chi connectivity index (χ2v) is 6.73. The van der Waals surface area contributed by atoms with Crippen molar-refractivity contribution in [2.45, 2.75) is 19.0 Å². The van der Waals surface area contributed by atoms with Crippen molar-refractivity contribution in [1.29, 1.82) is 0 Å². The maximum absolute atomic E-state index is 12.8. The quantitative estimate of drug-likeness (QED) is 0.619. The zero-order valence-electron chi connectivity index (χ0n) is 15.7. The van der Waals surface area contributed by atoms with Crippen LogP contribution in [0.5, 0.6) is 0 Å². The van der Waals surface area contributed by atoms with Gasteiger partial charge in [-0.05, 0) is 6.92 Å². The summed E-state index contributed by atoms with van der Waals surface area (Å²) in [5.41, 5.74) is 9.31. The third-order valence-corrected chi connectivity index (χ3v) is 4.67. The number of nitrogens with one attached hydrogen (secondary N) is 1. The molecule has 3 rings (SSSR count). The minimum atomic E-state index is -0.856. The molecule has 5 nitrogen and oxygen atoms in total. The van der Waals surface area contributed by atoms with Crippen molar-refractivity contribution < 1.29 is 14.9 Å². The van der Waals surface area contributed by atoms with E-state index in [0.29, 0.717) is 0 Å². The molecule has 0 bridgehead atoms. The molecule has 0 aromatic heterocycles. The van der Waals surface area contributed by atoms with Gasteiger partial charge in [0, 0.05) is 16.7 Å². The average Bonchev–Trinajstić information content (AvgIpc) is 2.70. The number of nitrogens with two attached hydrogens (primary N) is 2. The number of urea groups is 1. The van der Waals surface area contributed by atoms with Crippen LogP contribution in [0.1, 0.15) is 34.3 Å². The summed E-state index contributed by atoms with van der Waals surface area (Å²) < 4.78 is 0. The zero-order valence-corrected chi connectivity index (χ0v) is 15.7. The second-order valence-electron chi connectivity index (χ2n) is 6.73. The summed E-state index contributed by atoms with van der Waals surface area (Å²) in [6.07, 6.45) is 0. The number of hydrogen-bond donors (Lipinski definition) is 3. The van der Waals surface area contributed by atoms with E-state index in [1.165, 1.54) is 5.56 Å². The molecule has 0 aliphatic rings. The molecule has 0 spiro atoms. The van der Waals surface area contributed by atoms with Gasteiger partial charge in [-0.3, -0.25) is 10.1 Å². The first-order valence-corrected chi connectivity index (χ1v) is 9.16. The maximum Gasteiger partial charge on any atom is 0.319 e. The predicted molar refractivity (Wildman–Crippen MR) is 108 cm³/mol. The number of carbonyl (C=O) groups excluding carboxylic acids is 2. The topological polar surface area (TPSA) is 88.8 Å². The molecule has 3 amide bonds. The van der Waals surface area contributed by atoms with Crippen LogP contribution in [0.3, 0.4) is 0 Å². The molecule has 0 saturated heterocycles. The predicted octanol–water partition coefficient (Wildman–Crippen LogP) is 2.58. The van der Waals surface area contributed by atoms with Crippen molar-refractivity contribution in [1.82, 2.24) is 5.32 Å². The molecule has 0 radical (unpaired) electrons. The van der Waals surface area contributed by atoms with Gasteiger partial charge >= 0.3 is 6.03 Å². The van der Waals surface area contributed by atoms with E-state index in [1.807, 2.05) is 72.9 Å². The largest absolute Gasteiger partial charge is 0.351 e. The highest BCUT2D eigenvalue weighted by Crippen LogP contribution is 2.21. The van der Waals surface area contributed by atoms with Crippen LogP contribution in [-0.2, 0) is 4.79 Å². The summed E-state index contributed by atoms with van der Waals surface area (Å²) in [6.45, 7) is 2.04. The Labute approximate surface area is 164 Å². The van der Waals surface area contributed by atoms with Crippen LogP contribution in [0.2, 0.25) is 0 Å². The minimum Gasteiger partial charge on any atom is -0.351 e. The van der Waals surface area contributed by atoms with Gasteiger partial charge in [0.2, 0.25) is 0 Å².